The van der Waals surface area contributed by atoms with Crippen molar-refractivity contribution >= 4 is 23.2 Å². The number of aromatic nitrogens is 2. The molecule has 1 aliphatic rings. The molecule has 8 heteroatoms. The molecule has 2 atom stereocenters. The van der Waals surface area contributed by atoms with Crippen LogP contribution in [0.1, 0.15) is 42.2 Å². The minimum absolute atomic E-state index is 0.0810. The van der Waals surface area contributed by atoms with E-state index in [1.165, 1.54) is 6.39 Å². The normalized spacial score (nSPS) is 16.8. The Bertz CT molecular complexity index is 1370. The largest absolute Gasteiger partial charge is 0.497 e. The summed E-state index contributed by atoms with van der Waals surface area (Å²) in [6.45, 7) is 3.58. The van der Waals surface area contributed by atoms with E-state index in [4.69, 9.17) is 9.15 Å². The van der Waals surface area contributed by atoms with Gasteiger partial charge in [0.15, 0.2) is 0 Å². The predicted molar refractivity (Wildman–Crippen MR) is 136 cm³/mol. The second-order valence-corrected chi connectivity index (χ2v) is 8.74. The van der Waals surface area contributed by atoms with Gasteiger partial charge in [-0.2, -0.15) is 0 Å². The lowest BCUT2D eigenvalue weighted by atomic mass is 9.89. The van der Waals surface area contributed by atoms with Gasteiger partial charge in [0.1, 0.15) is 5.75 Å². The number of rotatable bonds is 5. The highest BCUT2D eigenvalue weighted by atomic mass is 16.5. The van der Waals surface area contributed by atoms with Crippen LogP contribution < -0.4 is 14.5 Å². The van der Waals surface area contributed by atoms with Crippen molar-refractivity contribution in [2.75, 3.05) is 16.9 Å². The Hall–Kier alpha value is -4.46. The van der Waals surface area contributed by atoms with Gasteiger partial charge in [0.25, 0.3) is 5.91 Å². The highest BCUT2D eigenvalue weighted by Gasteiger charge is 2.38. The third-order valence-corrected chi connectivity index (χ3v) is 6.52. The zero-order valence-electron chi connectivity index (χ0n) is 20.3. The van der Waals surface area contributed by atoms with E-state index < -0.39 is 0 Å². The van der Waals surface area contributed by atoms with Gasteiger partial charge in [-0.25, -0.2) is 0 Å². The molecule has 0 N–H and O–H groups in total. The molecule has 0 aliphatic carbocycles. The number of methoxy groups -OCH3 is 1. The molecule has 0 spiro atoms. The SMILES string of the molecule is COc1ccc(C(=O)N2c3ccccc3[C@H](N(C(C)=O)c3ccc(-c4nnco4)cc3)C[C@@H]2C)cc1. The summed E-state index contributed by atoms with van der Waals surface area (Å²) in [7, 11) is 1.60. The lowest BCUT2D eigenvalue weighted by molar-refractivity contribution is -0.117. The van der Waals surface area contributed by atoms with E-state index in [0.717, 1.165) is 22.5 Å². The smallest absolute Gasteiger partial charge is 0.258 e. The number of amides is 2. The van der Waals surface area contributed by atoms with Crippen molar-refractivity contribution in [1.29, 1.82) is 0 Å². The molecule has 1 aromatic heterocycles. The van der Waals surface area contributed by atoms with E-state index in [0.29, 0.717) is 23.6 Å². The number of para-hydroxylation sites is 1. The van der Waals surface area contributed by atoms with Crippen molar-refractivity contribution < 1.29 is 18.7 Å². The number of carbonyl (C=O) groups is 2. The van der Waals surface area contributed by atoms with Crippen LogP contribution in [0.2, 0.25) is 0 Å². The zero-order valence-corrected chi connectivity index (χ0v) is 20.3. The topological polar surface area (TPSA) is 88.8 Å². The molecule has 4 aromatic rings. The predicted octanol–water partition coefficient (Wildman–Crippen LogP) is 5.28. The quantitative estimate of drug-likeness (QED) is 0.385. The molecular formula is C28H26N4O4. The Morgan fingerprint density at radius 1 is 1.03 bits per heavy atom. The first-order chi connectivity index (χ1) is 17.5. The number of nitrogens with zero attached hydrogens (tertiary/aromatic N) is 4. The number of fused-ring (bicyclic) bond motifs is 1. The van der Waals surface area contributed by atoms with Gasteiger partial charge < -0.3 is 19.0 Å². The summed E-state index contributed by atoms with van der Waals surface area (Å²) >= 11 is 0. The Kier molecular flexibility index (Phi) is 6.25. The second kappa shape index (κ2) is 9.65. The van der Waals surface area contributed by atoms with Crippen LogP contribution in [0.25, 0.3) is 11.5 Å². The number of hydrogen-bond donors (Lipinski definition) is 0. The molecule has 8 nitrogen and oxygen atoms in total. The molecule has 182 valence electrons. The Labute approximate surface area is 209 Å². The minimum atomic E-state index is -0.233. The standard InChI is InChI=1S/C28H26N4O4/c1-18-16-26(32(19(2)33)22-12-8-20(9-13-22)27-30-29-17-36-27)24-6-4-5-7-25(24)31(18)28(34)21-10-14-23(35-3)15-11-21/h4-15,17-18,26H,16H2,1-3H3/t18-,26+/m0/s1. The minimum Gasteiger partial charge on any atom is -0.497 e. The Balaban J connectivity index is 1.50. The van der Waals surface area contributed by atoms with Gasteiger partial charge in [-0.05, 0) is 73.5 Å². The summed E-state index contributed by atoms with van der Waals surface area (Å²) in [5.41, 5.74) is 3.83. The van der Waals surface area contributed by atoms with Crippen LogP contribution in [-0.2, 0) is 4.79 Å². The molecule has 0 radical (unpaired) electrons. The van der Waals surface area contributed by atoms with Crippen molar-refractivity contribution in [2.24, 2.45) is 0 Å². The van der Waals surface area contributed by atoms with Gasteiger partial charge in [-0.15, -0.1) is 10.2 Å². The van der Waals surface area contributed by atoms with E-state index in [2.05, 4.69) is 10.2 Å². The summed E-state index contributed by atoms with van der Waals surface area (Å²) in [5, 5.41) is 7.67. The summed E-state index contributed by atoms with van der Waals surface area (Å²) < 4.78 is 10.5. The maximum absolute atomic E-state index is 13.6. The maximum Gasteiger partial charge on any atom is 0.258 e. The summed E-state index contributed by atoms with van der Waals surface area (Å²) in [6, 6.07) is 22.0. The highest BCUT2D eigenvalue weighted by Crippen LogP contribution is 2.43. The van der Waals surface area contributed by atoms with Gasteiger partial charge in [0, 0.05) is 35.5 Å². The van der Waals surface area contributed by atoms with Crippen LogP contribution in [0, 0.1) is 0 Å². The van der Waals surface area contributed by atoms with Crippen molar-refractivity contribution in [2.45, 2.75) is 32.4 Å². The third kappa shape index (κ3) is 4.22. The van der Waals surface area contributed by atoms with Crippen molar-refractivity contribution in [3.8, 4) is 17.2 Å². The first-order valence-corrected chi connectivity index (χ1v) is 11.7. The summed E-state index contributed by atoms with van der Waals surface area (Å²) in [5.74, 6) is 0.943. The van der Waals surface area contributed by atoms with Crippen molar-refractivity contribution in [3.05, 3.63) is 90.3 Å². The first kappa shape index (κ1) is 23.3. The lowest BCUT2D eigenvalue weighted by Crippen LogP contribution is -2.47. The van der Waals surface area contributed by atoms with Crippen molar-refractivity contribution in [1.82, 2.24) is 10.2 Å². The fourth-order valence-electron chi connectivity index (χ4n) is 4.85. The van der Waals surface area contributed by atoms with Gasteiger partial charge in [0.05, 0.1) is 13.2 Å². The lowest BCUT2D eigenvalue weighted by Gasteiger charge is -2.43. The van der Waals surface area contributed by atoms with Crippen LogP contribution in [0.3, 0.4) is 0 Å². The first-order valence-electron chi connectivity index (χ1n) is 11.7. The van der Waals surface area contributed by atoms with Gasteiger partial charge in [0.2, 0.25) is 18.2 Å². The number of benzene rings is 3. The molecule has 3 aromatic carbocycles. The number of carbonyl (C=O) groups excluding carboxylic acids is 2. The van der Waals surface area contributed by atoms with Crippen LogP contribution in [0.15, 0.2) is 83.6 Å². The summed E-state index contributed by atoms with van der Waals surface area (Å²) in [4.78, 5) is 30.2. The number of hydrogen-bond acceptors (Lipinski definition) is 6. The molecule has 0 saturated heterocycles. The Morgan fingerprint density at radius 3 is 2.39 bits per heavy atom. The average molecular weight is 483 g/mol. The monoisotopic (exact) mass is 482 g/mol. The zero-order chi connectivity index (χ0) is 25.2. The van der Waals surface area contributed by atoms with E-state index in [9.17, 15) is 9.59 Å². The van der Waals surface area contributed by atoms with Crippen LogP contribution in [0.5, 0.6) is 5.75 Å². The fourth-order valence-corrected chi connectivity index (χ4v) is 4.85. The molecule has 0 fully saturated rings. The van der Waals surface area contributed by atoms with E-state index in [-0.39, 0.29) is 23.9 Å². The van der Waals surface area contributed by atoms with Gasteiger partial charge >= 0.3 is 0 Å². The average Bonchev–Trinajstić information content (AvgIpc) is 3.44. The van der Waals surface area contributed by atoms with E-state index in [1.807, 2.05) is 60.4 Å². The number of ether oxygens (including phenoxy) is 1. The summed E-state index contributed by atoms with van der Waals surface area (Å²) in [6.07, 6.45) is 1.87. The molecular weight excluding hydrogens is 456 g/mol. The molecule has 2 heterocycles. The molecule has 1 aliphatic heterocycles. The van der Waals surface area contributed by atoms with Crippen LogP contribution in [0.4, 0.5) is 11.4 Å². The van der Waals surface area contributed by atoms with Crippen LogP contribution in [-0.4, -0.2) is 35.2 Å². The molecule has 0 bridgehead atoms. The van der Waals surface area contributed by atoms with E-state index >= 15 is 0 Å². The molecule has 2 amide bonds. The van der Waals surface area contributed by atoms with Gasteiger partial charge in [-0.3, -0.25) is 9.59 Å². The maximum atomic E-state index is 13.6. The van der Waals surface area contributed by atoms with Gasteiger partial charge in [-0.1, -0.05) is 18.2 Å². The van der Waals surface area contributed by atoms with Crippen molar-refractivity contribution in [3.63, 3.8) is 0 Å². The highest BCUT2D eigenvalue weighted by molar-refractivity contribution is 6.07. The molecule has 0 saturated carbocycles. The van der Waals surface area contributed by atoms with E-state index in [1.54, 1.807) is 43.2 Å². The molecule has 5 rings (SSSR count). The van der Waals surface area contributed by atoms with Crippen LogP contribution >= 0.6 is 0 Å². The fraction of sp³-hybridized carbons (Fsp3) is 0.214. The number of anilines is 2. The Morgan fingerprint density at radius 2 is 1.75 bits per heavy atom. The second-order valence-electron chi connectivity index (χ2n) is 8.74. The molecule has 0 unspecified atom stereocenters. The third-order valence-electron chi connectivity index (χ3n) is 6.52. The molecule has 36 heavy (non-hydrogen) atoms.